The van der Waals surface area contributed by atoms with Gasteiger partial charge in [-0.25, -0.2) is 0 Å². The van der Waals surface area contributed by atoms with Crippen LogP contribution in [0.3, 0.4) is 0 Å². The van der Waals surface area contributed by atoms with Crippen molar-refractivity contribution in [3.63, 3.8) is 0 Å². The van der Waals surface area contributed by atoms with Gasteiger partial charge in [0.2, 0.25) is 5.91 Å². The summed E-state index contributed by atoms with van der Waals surface area (Å²) >= 11 is 0. The predicted molar refractivity (Wildman–Crippen MR) is 77.4 cm³/mol. The number of alkyl halides is 3. The van der Waals surface area contributed by atoms with Crippen LogP contribution in [0.5, 0.6) is 0 Å². The average molecular weight is 317 g/mol. The van der Waals surface area contributed by atoms with E-state index in [1.165, 1.54) is 6.20 Å². The highest BCUT2D eigenvalue weighted by Gasteiger charge is 2.48. The van der Waals surface area contributed by atoms with E-state index in [0.29, 0.717) is 18.5 Å². The van der Waals surface area contributed by atoms with Crippen LogP contribution in [-0.2, 0) is 10.3 Å². The maximum absolute atomic E-state index is 13.1. The number of aromatic nitrogens is 2. The molecule has 1 heterocycles. The molecule has 7 heteroatoms. The maximum atomic E-state index is 13.1. The zero-order chi connectivity index (χ0) is 16.5. The molecule has 1 N–H and O–H groups in total. The van der Waals surface area contributed by atoms with E-state index >= 15 is 0 Å². The Balaban J connectivity index is 2.09. The van der Waals surface area contributed by atoms with Gasteiger partial charge in [0.15, 0.2) is 0 Å². The van der Waals surface area contributed by atoms with Crippen LogP contribution < -0.4 is 5.32 Å². The minimum atomic E-state index is -4.32. The molecule has 0 spiro atoms. The van der Waals surface area contributed by atoms with E-state index in [-0.39, 0.29) is 18.4 Å². The first-order valence-corrected chi connectivity index (χ1v) is 7.52. The minimum absolute atomic E-state index is 0.0306. The van der Waals surface area contributed by atoms with Crippen molar-refractivity contribution >= 4 is 11.6 Å². The van der Waals surface area contributed by atoms with Crippen molar-refractivity contribution in [3.8, 4) is 0 Å². The molecule has 0 aromatic carbocycles. The Morgan fingerprint density at radius 3 is 2.45 bits per heavy atom. The summed E-state index contributed by atoms with van der Waals surface area (Å²) in [5.41, 5.74) is 0.189. The molecule has 4 nitrogen and oxygen atoms in total. The van der Waals surface area contributed by atoms with Crippen LogP contribution in [0.25, 0.3) is 0 Å². The molecular formula is C15H22F3N3O. The van der Waals surface area contributed by atoms with Crippen molar-refractivity contribution in [1.82, 2.24) is 9.78 Å². The number of halogens is 3. The highest BCUT2D eigenvalue weighted by Crippen LogP contribution is 2.41. The molecule has 1 saturated carbocycles. The van der Waals surface area contributed by atoms with Crippen LogP contribution in [0.15, 0.2) is 12.4 Å². The highest BCUT2D eigenvalue weighted by atomic mass is 19.4. The molecule has 1 aliphatic rings. The zero-order valence-corrected chi connectivity index (χ0v) is 13.1. The van der Waals surface area contributed by atoms with E-state index in [1.807, 2.05) is 20.8 Å². The number of anilines is 1. The van der Waals surface area contributed by atoms with Gasteiger partial charge in [0.25, 0.3) is 0 Å². The molecule has 0 saturated heterocycles. The van der Waals surface area contributed by atoms with Gasteiger partial charge in [-0.15, -0.1) is 0 Å². The molecule has 1 amide bonds. The fraction of sp³-hybridized carbons (Fsp3) is 0.733. The van der Waals surface area contributed by atoms with E-state index in [9.17, 15) is 18.0 Å². The van der Waals surface area contributed by atoms with Gasteiger partial charge in [-0.1, -0.05) is 12.8 Å². The van der Waals surface area contributed by atoms with Gasteiger partial charge in [-0.2, -0.15) is 18.3 Å². The minimum Gasteiger partial charge on any atom is -0.323 e. The van der Waals surface area contributed by atoms with Gasteiger partial charge < -0.3 is 5.32 Å². The van der Waals surface area contributed by atoms with Gasteiger partial charge in [0.1, 0.15) is 0 Å². The van der Waals surface area contributed by atoms with Crippen LogP contribution in [0.4, 0.5) is 18.9 Å². The Kier molecular flexibility index (Phi) is 4.54. The molecule has 2 rings (SSSR count). The number of hydrogen-bond donors (Lipinski definition) is 1. The molecule has 124 valence electrons. The van der Waals surface area contributed by atoms with E-state index in [0.717, 1.165) is 0 Å². The Morgan fingerprint density at radius 2 is 1.91 bits per heavy atom. The van der Waals surface area contributed by atoms with E-state index in [4.69, 9.17) is 0 Å². The van der Waals surface area contributed by atoms with E-state index < -0.39 is 23.9 Å². The standard InChI is InChI=1S/C15H22F3N3O/c1-14(2,3)21-9-10(8-19-21)20-13(22)11-6-4-5-7-12(11)15(16,17)18/h8-9,11-12H,4-7H2,1-3H3,(H,20,22)/t11-,12-/m1/s1. The Bertz CT molecular complexity index is 531. The molecule has 2 atom stereocenters. The summed E-state index contributed by atoms with van der Waals surface area (Å²) in [6.07, 6.45) is 0.282. The van der Waals surface area contributed by atoms with Gasteiger partial charge in [0.05, 0.1) is 23.3 Å². The second kappa shape index (κ2) is 5.93. The third-order valence-electron chi connectivity index (χ3n) is 4.06. The summed E-state index contributed by atoms with van der Waals surface area (Å²) in [4.78, 5) is 12.2. The lowest BCUT2D eigenvalue weighted by molar-refractivity contribution is -0.197. The largest absolute Gasteiger partial charge is 0.392 e. The summed E-state index contributed by atoms with van der Waals surface area (Å²) in [5, 5.41) is 6.72. The monoisotopic (exact) mass is 317 g/mol. The SMILES string of the molecule is CC(C)(C)n1cc(NC(=O)[C@@H]2CCCC[C@H]2C(F)(F)F)cn1. The second-order valence-corrected chi connectivity index (χ2v) is 6.87. The topological polar surface area (TPSA) is 46.9 Å². The first-order chi connectivity index (χ1) is 10.1. The number of rotatable bonds is 2. The maximum Gasteiger partial charge on any atom is 0.392 e. The molecule has 0 radical (unpaired) electrons. The molecule has 1 aliphatic carbocycles. The smallest absolute Gasteiger partial charge is 0.323 e. The number of amides is 1. The van der Waals surface area contributed by atoms with Crippen molar-refractivity contribution in [2.75, 3.05) is 5.32 Å². The van der Waals surface area contributed by atoms with Crippen LogP contribution in [0.2, 0.25) is 0 Å². The lowest BCUT2D eigenvalue weighted by Gasteiger charge is -2.31. The molecule has 1 fully saturated rings. The number of hydrogen-bond acceptors (Lipinski definition) is 2. The third-order valence-corrected chi connectivity index (χ3v) is 4.06. The number of nitrogens with one attached hydrogen (secondary N) is 1. The second-order valence-electron chi connectivity index (χ2n) is 6.87. The summed E-state index contributed by atoms with van der Waals surface area (Å²) in [5.74, 6) is -3.11. The molecule has 1 aromatic rings. The molecule has 22 heavy (non-hydrogen) atoms. The van der Waals surface area contributed by atoms with Crippen molar-refractivity contribution in [2.45, 2.75) is 58.2 Å². The Labute approximate surface area is 128 Å². The fourth-order valence-electron chi connectivity index (χ4n) is 2.83. The summed E-state index contributed by atoms with van der Waals surface area (Å²) < 4.78 is 40.8. The Hall–Kier alpha value is -1.53. The molecule has 0 unspecified atom stereocenters. The van der Waals surface area contributed by atoms with Crippen molar-refractivity contribution < 1.29 is 18.0 Å². The average Bonchev–Trinajstić information content (AvgIpc) is 2.86. The van der Waals surface area contributed by atoms with Crippen molar-refractivity contribution in [3.05, 3.63) is 12.4 Å². The number of carbonyl (C=O) groups excluding carboxylic acids is 1. The van der Waals surface area contributed by atoms with Gasteiger partial charge in [0, 0.05) is 12.1 Å². The first kappa shape index (κ1) is 16.8. The van der Waals surface area contributed by atoms with Gasteiger partial charge >= 0.3 is 6.18 Å². The summed E-state index contributed by atoms with van der Waals surface area (Å²) in [7, 11) is 0. The number of nitrogens with zero attached hydrogens (tertiary/aromatic N) is 2. The van der Waals surface area contributed by atoms with Crippen LogP contribution in [0, 0.1) is 11.8 Å². The predicted octanol–water partition coefficient (Wildman–Crippen LogP) is 3.95. The highest BCUT2D eigenvalue weighted by molar-refractivity contribution is 5.92. The van der Waals surface area contributed by atoms with Gasteiger partial charge in [-0.05, 0) is 33.6 Å². The van der Waals surface area contributed by atoms with Crippen LogP contribution in [0.1, 0.15) is 46.5 Å². The summed E-state index contributed by atoms with van der Waals surface area (Å²) in [6, 6.07) is 0. The van der Waals surface area contributed by atoms with E-state index in [2.05, 4.69) is 10.4 Å². The summed E-state index contributed by atoms with van der Waals surface area (Å²) in [6.45, 7) is 5.85. The lowest BCUT2D eigenvalue weighted by atomic mass is 9.78. The Morgan fingerprint density at radius 1 is 1.27 bits per heavy atom. The third kappa shape index (κ3) is 3.81. The first-order valence-electron chi connectivity index (χ1n) is 7.52. The van der Waals surface area contributed by atoms with E-state index in [1.54, 1.807) is 10.9 Å². The zero-order valence-electron chi connectivity index (χ0n) is 13.1. The number of carbonyl (C=O) groups is 1. The van der Waals surface area contributed by atoms with Gasteiger partial charge in [-0.3, -0.25) is 9.48 Å². The molecule has 0 bridgehead atoms. The van der Waals surface area contributed by atoms with Crippen LogP contribution >= 0.6 is 0 Å². The molecule has 0 aliphatic heterocycles. The normalized spacial score (nSPS) is 23.4. The molecule has 1 aromatic heterocycles. The fourth-order valence-corrected chi connectivity index (χ4v) is 2.83. The molecular weight excluding hydrogens is 295 g/mol. The quantitative estimate of drug-likeness (QED) is 0.898. The lowest BCUT2D eigenvalue weighted by Crippen LogP contribution is -2.39. The van der Waals surface area contributed by atoms with Crippen LogP contribution in [-0.4, -0.2) is 21.9 Å². The van der Waals surface area contributed by atoms with Crippen molar-refractivity contribution in [1.29, 1.82) is 0 Å². The van der Waals surface area contributed by atoms with Crippen molar-refractivity contribution in [2.24, 2.45) is 11.8 Å².